The molecule has 2 aromatic heterocycles. The van der Waals surface area contributed by atoms with Crippen molar-refractivity contribution in [1.29, 1.82) is 0 Å². The van der Waals surface area contributed by atoms with Crippen LogP contribution in [0.2, 0.25) is 0 Å². The minimum Gasteiger partial charge on any atom is -0.478 e. The van der Waals surface area contributed by atoms with Gasteiger partial charge in [0.05, 0.1) is 21.8 Å². The summed E-state index contributed by atoms with van der Waals surface area (Å²) in [5.41, 5.74) is 2.32. The lowest BCUT2D eigenvalue weighted by Gasteiger charge is -2.11. The highest BCUT2D eigenvalue weighted by Gasteiger charge is 2.16. The molecule has 0 aliphatic carbocycles. The topological polar surface area (TPSA) is 197 Å². The average Bonchev–Trinajstić information content (AvgIpc) is 3.22. The number of benzene rings is 2. The zero-order chi connectivity index (χ0) is 26.7. The maximum Gasteiger partial charge on any atom is 0.347 e. The highest BCUT2D eigenvalue weighted by molar-refractivity contribution is 7.89. The van der Waals surface area contributed by atoms with E-state index in [4.69, 9.17) is 10.2 Å². The van der Waals surface area contributed by atoms with Crippen molar-refractivity contribution in [3.05, 3.63) is 76.3 Å². The minimum absolute atomic E-state index is 0.00339. The second-order valence-corrected chi connectivity index (χ2v) is 10.3. The molecule has 0 atom stereocenters. The van der Waals surface area contributed by atoms with Crippen molar-refractivity contribution in [3.8, 4) is 11.3 Å². The van der Waals surface area contributed by atoms with Gasteiger partial charge in [-0.1, -0.05) is 35.6 Å². The number of nitrogens with one attached hydrogen (secondary N) is 2. The van der Waals surface area contributed by atoms with Crippen molar-refractivity contribution >= 4 is 50.2 Å². The molecule has 14 heteroatoms. The van der Waals surface area contributed by atoms with Crippen LogP contribution in [0.1, 0.15) is 31.3 Å². The number of aromatic nitrogens is 3. The first-order valence-corrected chi connectivity index (χ1v) is 12.9. The molecule has 0 radical (unpaired) electrons. The molecule has 0 bridgehead atoms. The SMILES string of the molecule is Cc1nc(Nc2nc(NCc3ccc(S(N)(=O)=O)cc3)cc(-c3ccc(C(=O)O)cc3)n2)sc1C(=O)O. The number of nitrogens with two attached hydrogens (primary N) is 1. The third kappa shape index (κ3) is 6.24. The van der Waals surface area contributed by atoms with E-state index in [9.17, 15) is 23.1 Å². The smallest absolute Gasteiger partial charge is 0.347 e. The highest BCUT2D eigenvalue weighted by atomic mass is 32.2. The van der Waals surface area contributed by atoms with E-state index >= 15 is 0 Å². The summed E-state index contributed by atoms with van der Waals surface area (Å²) < 4.78 is 22.9. The van der Waals surface area contributed by atoms with Crippen LogP contribution in [0.15, 0.2) is 59.5 Å². The Morgan fingerprint density at radius 2 is 1.65 bits per heavy atom. The molecule has 4 rings (SSSR count). The Morgan fingerprint density at radius 3 is 2.22 bits per heavy atom. The Bertz CT molecular complexity index is 1590. The number of primary sulfonamides is 1. The van der Waals surface area contributed by atoms with E-state index in [2.05, 4.69) is 25.6 Å². The fourth-order valence-corrected chi connectivity index (χ4v) is 4.57. The van der Waals surface area contributed by atoms with Gasteiger partial charge in [-0.15, -0.1) is 0 Å². The van der Waals surface area contributed by atoms with Crippen LogP contribution in [-0.2, 0) is 16.6 Å². The van der Waals surface area contributed by atoms with Gasteiger partial charge in [-0.2, -0.15) is 4.98 Å². The summed E-state index contributed by atoms with van der Waals surface area (Å²) in [6.07, 6.45) is 0. The summed E-state index contributed by atoms with van der Waals surface area (Å²) in [7, 11) is -3.80. The number of aromatic carboxylic acids is 2. The number of aryl methyl sites for hydroxylation is 1. The molecule has 6 N–H and O–H groups in total. The zero-order valence-electron chi connectivity index (χ0n) is 19.2. The maximum atomic E-state index is 11.5. The molecule has 12 nitrogen and oxygen atoms in total. The molecular weight excluding hydrogens is 520 g/mol. The van der Waals surface area contributed by atoms with E-state index in [0.717, 1.165) is 16.9 Å². The molecule has 0 saturated heterocycles. The van der Waals surface area contributed by atoms with Gasteiger partial charge in [0, 0.05) is 18.2 Å². The van der Waals surface area contributed by atoms with E-state index in [1.807, 2.05) is 0 Å². The number of thiazole rings is 1. The van der Waals surface area contributed by atoms with Crippen LogP contribution in [0.4, 0.5) is 16.9 Å². The van der Waals surface area contributed by atoms with Crippen molar-refractivity contribution in [2.45, 2.75) is 18.4 Å². The van der Waals surface area contributed by atoms with Gasteiger partial charge >= 0.3 is 11.9 Å². The molecule has 0 spiro atoms. The molecule has 2 aromatic carbocycles. The molecule has 37 heavy (non-hydrogen) atoms. The second kappa shape index (κ2) is 10.3. The Labute approximate surface area is 214 Å². The first-order valence-electron chi connectivity index (χ1n) is 10.6. The summed E-state index contributed by atoms with van der Waals surface area (Å²) in [4.78, 5) is 35.8. The number of carboxylic acid groups (broad SMARTS) is 2. The van der Waals surface area contributed by atoms with Gasteiger partial charge in [0.15, 0.2) is 5.13 Å². The van der Waals surface area contributed by atoms with Crippen LogP contribution in [-0.4, -0.2) is 45.5 Å². The number of nitrogens with zero attached hydrogens (tertiary/aromatic N) is 3. The lowest BCUT2D eigenvalue weighted by atomic mass is 10.1. The second-order valence-electron chi connectivity index (χ2n) is 7.75. The molecule has 0 aliphatic heterocycles. The lowest BCUT2D eigenvalue weighted by Crippen LogP contribution is -2.12. The molecule has 0 saturated carbocycles. The van der Waals surface area contributed by atoms with Crippen molar-refractivity contribution < 1.29 is 28.2 Å². The van der Waals surface area contributed by atoms with Crippen molar-refractivity contribution in [3.63, 3.8) is 0 Å². The number of hydrogen-bond donors (Lipinski definition) is 5. The summed E-state index contributed by atoms with van der Waals surface area (Å²) in [5, 5.41) is 30.0. The van der Waals surface area contributed by atoms with Crippen LogP contribution in [0.25, 0.3) is 11.3 Å². The molecule has 0 unspecified atom stereocenters. The molecule has 4 aromatic rings. The Kier molecular flexibility index (Phi) is 7.15. The largest absolute Gasteiger partial charge is 0.478 e. The van der Waals surface area contributed by atoms with E-state index in [0.29, 0.717) is 22.8 Å². The van der Waals surface area contributed by atoms with E-state index in [1.54, 1.807) is 37.3 Å². The zero-order valence-corrected chi connectivity index (χ0v) is 20.8. The number of hydrogen-bond acceptors (Lipinski definition) is 10. The van der Waals surface area contributed by atoms with Gasteiger partial charge in [0.1, 0.15) is 10.7 Å². The third-order valence-corrected chi connectivity index (χ3v) is 7.08. The van der Waals surface area contributed by atoms with Crippen LogP contribution in [0.5, 0.6) is 0 Å². The standard InChI is InChI=1S/C23H20N6O6S2/c1-12-19(21(32)33)36-23(26-12)29-22-27-17(14-4-6-15(7-5-14)20(30)31)10-18(28-22)25-11-13-2-8-16(9-3-13)37(24,34)35/h2-10H,11H2,1H3,(H,30,31)(H,32,33)(H2,24,34,35)(H2,25,26,27,28,29). The minimum atomic E-state index is -3.80. The number of rotatable bonds is 9. The van der Waals surface area contributed by atoms with Gasteiger partial charge in [-0.05, 0) is 36.8 Å². The van der Waals surface area contributed by atoms with Crippen LogP contribution >= 0.6 is 11.3 Å². The monoisotopic (exact) mass is 540 g/mol. The van der Waals surface area contributed by atoms with Crippen LogP contribution < -0.4 is 15.8 Å². The normalized spacial score (nSPS) is 11.2. The lowest BCUT2D eigenvalue weighted by molar-refractivity contribution is 0.0688. The maximum absolute atomic E-state index is 11.5. The molecular formula is C23H20N6O6S2. The Morgan fingerprint density at radius 1 is 0.973 bits per heavy atom. The van der Waals surface area contributed by atoms with E-state index < -0.39 is 22.0 Å². The molecule has 0 amide bonds. The summed E-state index contributed by atoms with van der Waals surface area (Å²) >= 11 is 0.942. The molecule has 0 fully saturated rings. The van der Waals surface area contributed by atoms with Crippen LogP contribution in [0, 0.1) is 6.92 Å². The van der Waals surface area contributed by atoms with E-state index in [1.165, 1.54) is 24.3 Å². The van der Waals surface area contributed by atoms with Crippen LogP contribution in [0.3, 0.4) is 0 Å². The van der Waals surface area contributed by atoms with Gasteiger partial charge in [-0.3, -0.25) is 5.32 Å². The summed E-state index contributed by atoms with van der Waals surface area (Å²) in [5.74, 6) is -1.61. The van der Waals surface area contributed by atoms with Gasteiger partial charge < -0.3 is 15.5 Å². The number of anilines is 3. The predicted molar refractivity (Wildman–Crippen MR) is 137 cm³/mol. The Balaban J connectivity index is 1.64. The highest BCUT2D eigenvalue weighted by Crippen LogP contribution is 2.27. The molecule has 190 valence electrons. The predicted octanol–water partition coefficient (Wildman–Crippen LogP) is 3.31. The van der Waals surface area contributed by atoms with Gasteiger partial charge in [0.2, 0.25) is 16.0 Å². The molecule has 2 heterocycles. The number of sulfonamides is 1. The average molecular weight is 541 g/mol. The fraction of sp³-hybridized carbons (Fsp3) is 0.0870. The van der Waals surface area contributed by atoms with E-state index in [-0.39, 0.29) is 33.0 Å². The first-order chi connectivity index (χ1) is 17.5. The van der Waals surface area contributed by atoms with Gasteiger partial charge in [-0.25, -0.2) is 33.1 Å². The fourth-order valence-electron chi connectivity index (χ4n) is 3.26. The first kappa shape index (κ1) is 25.7. The summed E-state index contributed by atoms with van der Waals surface area (Å²) in [6, 6.07) is 13.8. The number of carboxylic acids is 2. The third-order valence-electron chi connectivity index (χ3n) is 5.09. The van der Waals surface area contributed by atoms with Gasteiger partial charge in [0.25, 0.3) is 0 Å². The number of carbonyl (C=O) groups is 2. The summed E-state index contributed by atoms with van der Waals surface area (Å²) in [6.45, 7) is 1.87. The quantitative estimate of drug-likeness (QED) is 0.209. The van der Waals surface area contributed by atoms with Crippen molar-refractivity contribution in [2.75, 3.05) is 10.6 Å². The van der Waals surface area contributed by atoms with Crippen molar-refractivity contribution in [1.82, 2.24) is 15.0 Å². The van der Waals surface area contributed by atoms with Crippen molar-refractivity contribution in [2.24, 2.45) is 5.14 Å². The molecule has 0 aliphatic rings. The Hall–Kier alpha value is -4.40.